The maximum atomic E-state index is 13.7. The fraction of sp³-hybridized carbons (Fsp3) is 0.500. The number of aliphatic hydroxyl groups is 1. The molecule has 112 valence electrons. The summed E-state index contributed by atoms with van der Waals surface area (Å²) in [6.45, 7) is 2.44. The molecule has 6 heteroatoms. The molecule has 1 aromatic carbocycles. The molecule has 20 heavy (non-hydrogen) atoms. The first-order valence-electron chi connectivity index (χ1n) is 6.40. The average molecular weight is 284 g/mol. The number of hydrogen-bond donors (Lipinski definition) is 2. The second kappa shape index (κ2) is 7.81. The van der Waals surface area contributed by atoms with Gasteiger partial charge in [-0.15, -0.1) is 0 Å². The van der Waals surface area contributed by atoms with E-state index in [-0.39, 0.29) is 18.0 Å². The van der Waals surface area contributed by atoms with Crippen LogP contribution in [0.15, 0.2) is 18.2 Å². The predicted octanol–water partition coefficient (Wildman–Crippen LogP) is 1.08. The molecule has 0 radical (unpaired) electrons. The molecule has 0 spiro atoms. The van der Waals surface area contributed by atoms with E-state index in [9.17, 15) is 14.3 Å². The minimum atomic E-state index is -0.940. The van der Waals surface area contributed by atoms with Crippen LogP contribution < -0.4 is 10.2 Å². The van der Waals surface area contributed by atoms with Gasteiger partial charge in [0, 0.05) is 32.0 Å². The summed E-state index contributed by atoms with van der Waals surface area (Å²) in [6.07, 6.45) is -0.940. The quantitative estimate of drug-likeness (QED) is 0.736. The highest BCUT2D eigenvalue weighted by molar-refractivity contribution is 5.81. The number of halogens is 1. The van der Waals surface area contributed by atoms with Gasteiger partial charge in [0.05, 0.1) is 19.3 Å². The van der Waals surface area contributed by atoms with Gasteiger partial charge in [0.25, 0.3) is 0 Å². The van der Waals surface area contributed by atoms with Crippen molar-refractivity contribution in [3.05, 3.63) is 29.6 Å². The number of amides is 1. The Kier molecular flexibility index (Phi) is 6.41. The predicted molar refractivity (Wildman–Crippen MR) is 75.2 cm³/mol. The largest absolute Gasteiger partial charge is 0.389 e. The number of aliphatic hydroxyl groups excluding tert-OH is 1. The molecular weight excluding hydrogens is 263 g/mol. The standard InChI is InChI=1S/C14H21FN2O3/c1-10(18)14-11(15)5-4-6-12(14)17(2)9-13(19)16-7-8-20-3/h4-6,10,18H,7-9H2,1-3H3,(H,16,19)/t10-/m0/s1. The van der Waals surface area contributed by atoms with E-state index in [1.807, 2.05) is 0 Å². The van der Waals surface area contributed by atoms with Gasteiger partial charge in [-0.1, -0.05) is 6.07 Å². The first-order chi connectivity index (χ1) is 9.47. The molecule has 1 amide bonds. The lowest BCUT2D eigenvalue weighted by Crippen LogP contribution is -2.37. The Morgan fingerprint density at radius 2 is 2.25 bits per heavy atom. The van der Waals surface area contributed by atoms with Gasteiger partial charge in [-0.05, 0) is 19.1 Å². The molecule has 1 aromatic rings. The maximum Gasteiger partial charge on any atom is 0.239 e. The first-order valence-corrected chi connectivity index (χ1v) is 6.40. The summed E-state index contributed by atoms with van der Waals surface area (Å²) in [5, 5.41) is 12.3. The number of nitrogens with one attached hydrogen (secondary N) is 1. The molecule has 0 saturated heterocycles. The van der Waals surface area contributed by atoms with Crippen molar-refractivity contribution in [2.24, 2.45) is 0 Å². The Bertz CT molecular complexity index is 452. The number of carbonyl (C=O) groups is 1. The van der Waals surface area contributed by atoms with Gasteiger partial charge in [0.1, 0.15) is 5.82 Å². The van der Waals surface area contributed by atoms with Gasteiger partial charge in [-0.2, -0.15) is 0 Å². The van der Waals surface area contributed by atoms with E-state index in [0.29, 0.717) is 18.8 Å². The topological polar surface area (TPSA) is 61.8 Å². The van der Waals surface area contributed by atoms with Crippen LogP contribution in [-0.2, 0) is 9.53 Å². The summed E-state index contributed by atoms with van der Waals surface area (Å²) in [5.74, 6) is -0.672. The zero-order valence-electron chi connectivity index (χ0n) is 12.0. The number of rotatable bonds is 7. The Balaban J connectivity index is 2.75. The highest BCUT2D eigenvalue weighted by atomic mass is 19.1. The minimum Gasteiger partial charge on any atom is -0.389 e. The summed E-state index contributed by atoms with van der Waals surface area (Å²) in [5.41, 5.74) is 0.696. The van der Waals surface area contributed by atoms with E-state index in [1.54, 1.807) is 31.2 Å². The van der Waals surface area contributed by atoms with E-state index in [2.05, 4.69) is 5.32 Å². The second-order valence-electron chi connectivity index (χ2n) is 4.55. The summed E-state index contributed by atoms with van der Waals surface area (Å²) in [6, 6.07) is 4.52. The van der Waals surface area contributed by atoms with Crippen molar-refractivity contribution in [2.75, 3.05) is 38.8 Å². The number of likely N-dealkylation sites (N-methyl/N-ethyl adjacent to an activating group) is 1. The third kappa shape index (κ3) is 4.47. The van der Waals surface area contributed by atoms with Crippen molar-refractivity contribution in [1.29, 1.82) is 0 Å². The lowest BCUT2D eigenvalue weighted by molar-refractivity contribution is -0.119. The van der Waals surface area contributed by atoms with Crippen LogP contribution in [0.5, 0.6) is 0 Å². The summed E-state index contributed by atoms with van der Waals surface area (Å²) in [4.78, 5) is 13.3. The van der Waals surface area contributed by atoms with Crippen LogP contribution in [0.3, 0.4) is 0 Å². The number of carbonyl (C=O) groups excluding carboxylic acids is 1. The zero-order valence-corrected chi connectivity index (χ0v) is 12.0. The number of ether oxygens (including phenoxy) is 1. The average Bonchev–Trinajstić information content (AvgIpc) is 2.38. The number of benzene rings is 1. The van der Waals surface area contributed by atoms with Crippen LogP contribution in [0, 0.1) is 5.82 Å². The molecule has 0 saturated carbocycles. The molecule has 2 N–H and O–H groups in total. The Hall–Kier alpha value is -1.66. The molecular formula is C14H21FN2O3. The van der Waals surface area contributed by atoms with Gasteiger partial charge < -0.3 is 20.1 Å². The van der Waals surface area contributed by atoms with Crippen molar-refractivity contribution in [2.45, 2.75) is 13.0 Å². The molecule has 0 aliphatic heterocycles. The molecule has 5 nitrogen and oxygen atoms in total. The van der Waals surface area contributed by atoms with Crippen LogP contribution in [0.2, 0.25) is 0 Å². The van der Waals surface area contributed by atoms with Crippen LogP contribution in [-0.4, -0.2) is 44.9 Å². The van der Waals surface area contributed by atoms with E-state index in [0.717, 1.165) is 0 Å². The van der Waals surface area contributed by atoms with Crippen LogP contribution in [0.25, 0.3) is 0 Å². The molecule has 0 unspecified atom stereocenters. The van der Waals surface area contributed by atoms with Crippen molar-refractivity contribution >= 4 is 11.6 Å². The summed E-state index contributed by atoms with van der Waals surface area (Å²) >= 11 is 0. The third-order valence-electron chi connectivity index (χ3n) is 2.87. The lowest BCUT2D eigenvalue weighted by atomic mass is 10.1. The Morgan fingerprint density at radius 3 is 2.85 bits per heavy atom. The van der Waals surface area contributed by atoms with Crippen molar-refractivity contribution in [3.8, 4) is 0 Å². The molecule has 1 rings (SSSR count). The smallest absolute Gasteiger partial charge is 0.239 e. The minimum absolute atomic E-state index is 0.0763. The van der Waals surface area contributed by atoms with Crippen LogP contribution >= 0.6 is 0 Å². The highest BCUT2D eigenvalue weighted by Crippen LogP contribution is 2.27. The van der Waals surface area contributed by atoms with Crippen molar-refractivity contribution in [3.63, 3.8) is 0 Å². The summed E-state index contributed by atoms with van der Waals surface area (Å²) in [7, 11) is 3.23. The molecule has 0 fully saturated rings. The fourth-order valence-corrected chi connectivity index (χ4v) is 1.92. The van der Waals surface area contributed by atoms with Gasteiger partial charge in [0.2, 0.25) is 5.91 Å². The highest BCUT2D eigenvalue weighted by Gasteiger charge is 2.17. The molecule has 0 bridgehead atoms. The van der Waals surface area contributed by atoms with E-state index < -0.39 is 11.9 Å². The van der Waals surface area contributed by atoms with E-state index in [1.165, 1.54) is 13.0 Å². The molecule has 0 aliphatic carbocycles. The number of anilines is 1. The van der Waals surface area contributed by atoms with Crippen molar-refractivity contribution < 1.29 is 19.0 Å². The van der Waals surface area contributed by atoms with Crippen LogP contribution in [0.4, 0.5) is 10.1 Å². The Labute approximate surface area is 118 Å². The van der Waals surface area contributed by atoms with Gasteiger partial charge in [0.15, 0.2) is 0 Å². The van der Waals surface area contributed by atoms with E-state index >= 15 is 0 Å². The normalized spacial score (nSPS) is 12.1. The molecule has 0 aliphatic rings. The van der Waals surface area contributed by atoms with Crippen LogP contribution in [0.1, 0.15) is 18.6 Å². The van der Waals surface area contributed by atoms with Gasteiger partial charge in [-0.3, -0.25) is 4.79 Å². The SMILES string of the molecule is COCCNC(=O)CN(C)c1cccc(F)c1[C@H](C)O. The van der Waals surface area contributed by atoms with E-state index in [4.69, 9.17) is 4.74 Å². The summed E-state index contributed by atoms with van der Waals surface area (Å²) < 4.78 is 18.6. The zero-order chi connectivity index (χ0) is 15.1. The number of methoxy groups -OCH3 is 1. The van der Waals surface area contributed by atoms with Crippen molar-refractivity contribution in [1.82, 2.24) is 5.32 Å². The maximum absolute atomic E-state index is 13.7. The number of nitrogens with zero attached hydrogens (tertiary/aromatic N) is 1. The molecule has 0 heterocycles. The molecule has 1 atom stereocenters. The number of hydrogen-bond acceptors (Lipinski definition) is 4. The first kappa shape index (κ1) is 16.4. The fourth-order valence-electron chi connectivity index (χ4n) is 1.92. The molecule has 0 aromatic heterocycles. The monoisotopic (exact) mass is 284 g/mol. The van der Waals surface area contributed by atoms with Gasteiger partial charge >= 0.3 is 0 Å². The Morgan fingerprint density at radius 1 is 1.55 bits per heavy atom. The van der Waals surface area contributed by atoms with Gasteiger partial charge in [-0.25, -0.2) is 4.39 Å². The second-order valence-corrected chi connectivity index (χ2v) is 4.55. The third-order valence-corrected chi connectivity index (χ3v) is 2.87. The lowest BCUT2D eigenvalue weighted by Gasteiger charge is -2.23.